The van der Waals surface area contributed by atoms with E-state index >= 15 is 0 Å². The number of nitrogens with zero attached hydrogens (tertiary/aromatic N) is 1. The van der Waals surface area contributed by atoms with Crippen molar-refractivity contribution < 1.29 is 33.3 Å². The molecule has 0 aliphatic carbocycles. The van der Waals surface area contributed by atoms with Crippen molar-refractivity contribution in [2.24, 2.45) is 0 Å². The number of alkyl carbamates (subject to hydrolysis) is 1. The van der Waals surface area contributed by atoms with E-state index in [1.54, 1.807) is 24.3 Å². The SMILES string of the molecule is COC(=O)[C@@H]1C[C@@H](OC2CCCCO2)CN1C(=O)[C@@H](NC(=O)OCc1ccccc1)c1ccccc1. The lowest BCUT2D eigenvalue weighted by Crippen LogP contribution is -2.48. The number of carbonyl (C=O) groups is 3. The van der Waals surface area contributed by atoms with E-state index in [2.05, 4.69) is 5.32 Å². The predicted molar refractivity (Wildman–Crippen MR) is 130 cm³/mol. The first-order valence-corrected chi connectivity index (χ1v) is 12.2. The zero-order valence-corrected chi connectivity index (χ0v) is 20.3. The highest BCUT2D eigenvalue weighted by Gasteiger charge is 2.44. The molecule has 9 nitrogen and oxygen atoms in total. The van der Waals surface area contributed by atoms with Crippen LogP contribution in [0.15, 0.2) is 60.7 Å². The molecule has 2 fully saturated rings. The Morgan fingerprint density at radius 3 is 2.44 bits per heavy atom. The molecule has 0 radical (unpaired) electrons. The van der Waals surface area contributed by atoms with Gasteiger partial charge in [-0.3, -0.25) is 4.79 Å². The van der Waals surface area contributed by atoms with Gasteiger partial charge in [0.1, 0.15) is 18.7 Å². The summed E-state index contributed by atoms with van der Waals surface area (Å²) in [6.07, 6.45) is 1.58. The minimum absolute atomic E-state index is 0.0637. The second-order valence-corrected chi connectivity index (χ2v) is 8.87. The minimum atomic E-state index is -1.05. The van der Waals surface area contributed by atoms with Crippen molar-refractivity contribution in [3.8, 4) is 0 Å². The molecule has 0 spiro atoms. The first-order chi connectivity index (χ1) is 17.5. The Labute approximate surface area is 210 Å². The van der Waals surface area contributed by atoms with E-state index in [1.165, 1.54) is 12.0 Å². The molecule has 1 N–H and O–H groups in total. The van der Waals surface area contributed by atoms with Gasteiger partial charge in [0.25, 0.3) is 5.91 Å². The van der Waals surface area contributed by atoms with Crippen LogP contribution in [0.25, 0.3) is 0 Å². The van der Waals surface area contributed by atoms with Gasteiger partial charge in [-0.2, -0.15) is 0 Å². The molecule has 2 aromatic carbocycles. The number of ether oxygens (including phenoxy) is 4. The second kappa shape index (κ2) is 12.5. The average Bonchev–Trinajstić information content (AvgIpc) is 3.35. The van der Waals surface area contributed by atoms with E-state index in [-0.39, 0.29) is 32.0 Å². The molecule has 2 aromatic rings. The van der Waals surface area contributed by atoms with Crippen molar-refractivity contribution in [1.82, 2.24) is 10.2 Å². The summed E-state index contributed by atoms with van der Waals surface area (Å²) < 4.78 is 22.1. The van der Waals surface area contributed by atoms with Crippen LogP contribution in [0.4, 0.5) is 4.79 Å². The smallest absolute Gasteiger partial charge is 0.408 e. The first-order valence-electron chi connectivity index (χ1n) is 12.2. The van der Waals surface area contributed by atoms with Gasteiger partial charge in [-0.05, 0) is 30.4 Å². The predicted octanol–water partition coefficient (Wildman–Crippen LogP) is 3.34. The zero-order chi connectivity index (χ0) is 25.3. The van der Waals surface area contributed by atoms with Crippen molar-refractivity contribution in [3.05, 3.63) is 71.8 Å². The number of benzene rings is 2. The van der Waals surface area contributed by atoms with Crippen LogP contribution in [0.3, 0.4) is 0 Å². The van der Waals surface area contributed by atoms with Gasteiger partial charge in [-0.1, -0.05) is 60.7 Å². The lowest BCUT2D eigenvalue weighted by Gasteiger charge is -2.28. The van der Waals surface area contributed by atoms with E-state index in [1.807, 2.05) is 36.4 Å². The molecular formula is C27H32N2O7. The maximum Gasteiger partial charge on any atom is 0.408 e. The van der Waals surface area contributed by atoms with Crippen molar-refractivity contribution in [2.45, 2.75) is 56.8 Å². The first kappa shape index (κ1) is 25.7. The van der Waals surface area contributed by atoms with Crippen LogP contribution in [0.1, 0.15) is 42.9 Å². The molecule has 192 valence electrons. The third-order valence-corrected chi connectivity index (χ3v) is 6.36. The summed E-state index contributed by atoms with van der Waals surface area (Å²) in [6.45, 7) is 0.877. The van der Waals surface area contributed by atoms with Gasteiger partial charge in [-0.15, -0.1) is 0 Å². The quantitative estimate of drug-likeness (QED) is 0.559. The molecule has 2 aliphatic heterocycles. The number of rotatable bonds is 8. The van der Waals surface area contributed by atoms with Crippen LogP contribution in [0.5, 0.6) is 0 Å². The summed E-state index contributed by atoms with van der Waals surface area (Å²) in [6, 6.07) is 16.2. The number of hydrogen-bond donors (Lipinski definition) is 1. The molecule has 2 heterocycles. The lowest BCUT2D eigenvalue weighted by molar-refractivity contribution is -0.185. The molecule has 0 saturated carbocycles. The fourth-order valence-corrected chi connectivity index (χ4v) is 4.51. The van der Waals surface area contributed by atoms with Crippen molar-refractivity contribution in [3.63, 3.8) is 0 Å². The van der Waals surface area contributed by atoms with Gasteiger partial charge in [-0.25, -0.2) is 9.59 Å². The van der Waals surface area contributed by atoms with Crippen LogP contribution in [0.2, 0.25) is 0 Å². The van der Waals surface area contributed by atoms with Crippen LogP contribution < -0.4 is 5.32 Å². The highest BCUT2D eigenvalue weighted by molar-refractivity contribution is 5.91. The second-order valence-electron chi connectivity index (χ2n) is 8.87. The number of amides is 2. The minimum Gasteiger partial charge on any atom is -0.467 e. The van der Waals surface area contributed by atoms with Crippen LogP contribution in [0, 0.1) is 0 Å². The monoisotopic (exact) mass is 496 g/mol. The molecule has 0 aromatic heterocycles. The maximum absolute atomic E-state index is 13.8. The third-order valence-electron chi connectivity index (χ3n) is 6.36. The van der Waals surface area contributed by atoms with E-state index in [9.17, 15) is 14.4 Å². The molecule has 2 saturated heterocycles. The van der Waals surface area contributed by atoms with Crippen LogP contribution in [-0.2, 0) is 35.1 Å². The summed E-state index contributed by atoms with van der Waals surface area (Å²) in [7, 11) is 1.29. The van der Waals surface area contributed by atoms with E-state index < -0.39 is 30.1 Å². The van der Waals surface area contributed by atoms with Crippen molar-refractivity contribution >= 4 is 18.0 Å². The van der Waals surface area contributed by atoms with Gasteiger partial charge < -0.3 is 29.2 Å². The Hall–Kier alpha value is -3.43. The summed E-state index contributed by atoms with van der Waals surface area (Å²) in [5.74, 6) is -0.971. The molecule has 36 heavy (non-hydrogen) atoms. The zero-order valence-electron chi connectivity index (χ0n) is 20.3. The highest BCUT2D eigenvalue weighted by atomic mass is 16.7. The van der Waals surface area contributed by atoms with E-state index in [0.717, 1.165) is 24.8 Å². The van der Waals surface area contributed by atoms with E-state index in [0.29, 0.717) is 12.2 Å². The fraction of sp³-hybridized carbons (Fsp3) is 0.444. The molecule has 4 rings (SSSR count). The molecule has 4 atom stereocenters. The molecule has 9 heteroatoms. The molecule has 2 aliphatic rings. The maximum atomic E-state index is 13.8. The molecule has 2 amide bonds. The van der Waals surface area contributed by atoms with Crippen molar-refractivity contribution in [1.29, 1.82) is 0 Å². The van der Waals surface area contributed by atoms with Gasteiger partial charge in [0.2, 0.25) is 0 Å². The average molecular weight is 497 g/mol. The van der Waals surface area contributed by atoms with Crippen LogP contribution in [-0.4, -0.2) is 61.6 Å². The van der Waals surface area contributed by atoms with Crippen molar-refractivity contribution in [2.75, 3.05) is 20.3 Å². The molecule has 1 unspecified atom stereocenters. The highest BCUT2D eigenvalue weighted by Crippen LogP contribution is 2.28. The lowest BCUT2D eigenvalue weighted by atomic mass is 10.1. The molecular weight excluding hydrogens is 464 g/mol. The van der Waals surface area contributed by atoms with Gasteiger partial charge in [0.05, 0.1) is 13.2 Å². The summed E-state index contributed by atoms with van der Waals surface area (Å²) in [5.41, 5.74) is 1.40. The summed E-state index contributed by atoms with van der Waals surface area (Å²) in [4.78, 5) is 40.5. The normalized spacial score (nSPS) is 22.5. The number of likely N-dealkylation sites (tertiary alicyclic amines) is 1. The summed E-state index contributed by atoms with van der Waals surface area (Å²) >= 11 is 0. The number of hydrogen-bond acceptors (Lipinski definition) is 7. The number of esters is 1. The number of nitrogens with one attached hydrogen (secondary N) is 1. The van der Waals surface area contributed by atoms with E-state index in [4.69, 9.17) is 18.9 Å². The third kappa shape index (κ3) is 6.61. The Morgan fingerprint density at radius 2 is 1.78 bits per heavy atom. The van der Waals surface area contributed by atoms with Gasteiger partial charge in [0, 0.05) is 19.6 Å². The Kier molecular flexibility index (Phi) is 8.91. The number of carbonyl (C=O) groups excluding carboxylic acids is 3. The topological polar surface area (TPSA) is 103 Å². The standard InChI is InChI=1S/C27H32N2O7/c1-33-26(31)22-16-21(36-23-14-8-9-15-34-23)17-29(22)25(30)24(20-12-6-3-7-13-20)28-27(32)35-18-19-10-4-2-5-11-19/h2-7,10-13,21-24H,8-9,14-18H2,1H3,(H,28,32)/t21-,22+,23?,24+/m1/s1. The Morgan fingerprint density at radius 1 is 1.06 bits per heavy atom. The Bertz CT molecular complexity index is 1010. The Balaban J connectivity index is 1.48. The molecule has 0 bridgehead atoms. The van der Waals surface area contributed by atoms with Gasteiger partial charge in [0.15, 0.2) is 6.29 Å². The summed E-state index contributed by atoms with van der Waals surface area (Å²) in [5, 5.41) is 2.68. The fourth-order valence-electron chi connectivity index (χ4n) is 4.51. The van der Waals surface area contributed by atoms with Crippen LogP contribution >= 0.6 is 0 Å². The largest absolute Gasteiger partial charge is 0.467 e. The van der Waals surface area contributed by atoms with Gasteiger partial charge >= 0.3 is 12.1 Å². The number of methoxy groups -OCH3 is 1.